The van der Waals surface area contributed by atoms with E-state index in [-0.39, 0.29) is 12.2 Å². The smallest absolute Gasteiger partial charge is 0.311 e. The second-order valence-electron chi connectivity index (χ2n) is 5.57. The summed E-state index contributed by atoms with van der Waals surface area (Å²) in [5, 5.41) is 2.59. The van der Waals surface area contributed by atoms with Crippen molar-refractivity contribution >= 4 is 23.3 Å². The number of rotatable bonds is 6. The van der Waals surface area contributed by atoms with Crippen LogP contribution in [0.2, 0.25) is 0 Å². The minimum Gasteiger partial charge on any atom is -0.452 e. The number of carbonyl (C=O) groups excluding carboxylic acids is 3. The van der Waals surface area contributed by atoms with E-state index in [9.17, 15) is 18.8 Å². The Kier molecular flexibility index (Phi) is 6.00. The van der Waals surface area contributed by atoms with E-state index in [0.29, 0.717) is 16.8 Å². The molecule has 0 saturated carbocycles. The molecule has 1 N–H and O–H groups in total. The predicted molar refractivity (Wildman–Crippen MR) is 90.7 cm³/mol. The molecule has 0 aliphatic carbocycles. The Balaban J connectivity index is 1.92. The molecule has 2 rings (SSSR count). The fourth-order valence-corrected chi connectivity index (χ4v) is 2.17. The Bertz CT molecular complexity index is 804. The SMILES string of the molecule is CC(=O)c1cccc(NC(=O)[C@@H](C)OC(=O)Cc2cccc(F)c2)c1. The Labute approximate surface area is 144 Å². The van der Waals surface area contributed by atoms with E-state index < -0.39 is 23.8 Å². The average Bonchev–Trinajstić information content (AvgIpc) is 2.54. The van der Waals surface area contributed by atoms with Gasteiger partial charge in [-0.2, -0.15) is 0 Å². The van der Waals surface area contributed by atoms with E-state index in [4.69, 9.17) is 4.74 Å². The molecule has 2 aromatic rings. The minimum absolute atomic E-state index is 0.120. The third-order valence-electron chi connectivity index (χ3n) is 3.45. The highest BCUT2D eigenvalue weighted by atomic mass is 19.1. The van der Waals surface area contributed by atoms with Gasteiger partial charge in [-0.3, -0.25) is 14.4 Å². The summed E-state index contributed by atoms with van der Waals surface area (Å²) in [7, 11) is 0. The van der Waals surface area contributed by atoms with Gasteiger partial charge in [0.25, 0.3) is 5.91 Å². The van der Waals surface area contributed by atoms with Crippen LogP contribution in [0, 0.1) is 5.82 Å². The van der Waals surface area contributed by atoms with Crippen LogP contribution in [0.1, 0.15) is 29.8 Å². The fraction of sp³-hybridized carbons (Fsp3) is 0.211. The minimum atomic E-state index is -1.03. The Hall–Kier alpha value is -3.02. The van der Waals surface area contributed by atoms with Crippen LogP contribution < -0.4 is 5.32 Å². The summed E-state index contributed by atoms with van der Waals surface area (Å²) in [4.78, 5) is 35.3. The first-order chi connectivity index (χ1) is 11.8. The van der Waals surface area contributed by atoms with Gasteiger partial charge in [-0.15, -0.1) is 0 Å². The fourth-order valence-electron chi connectivity index (χ4n) is 2.17. The van der Waals surface area contributed by atoms with Gasteiger partial charge < -0.3 is 10.1 Å². The molecule has 0 fully saturated rings. The summed E-state index contributed by atoms with van der Waals surface area (Å²) < 4.78 is 18.2. The van der Waals surface area contributed by atoms with Crippen LogP contribution in [0.5, 0.6) is 0 Å². The maximum atomic E-state index is 13.1. The number of ketones is 1. The van der Waals surface area contributed by atoms with Gasteiger partial charge in [-0.25, -0.2) is 4.39 Å². The molecule has 5 nitrogen and oxygen atoms in total. The van der Waals surface area contributed by atoms with Crippen molar-refractivity contribution in [2.45, 2.75) is 26.4 Å². The van der Waals surface area contributed by atoms with E-state index in [1.54, 1.807) is 30.3 Å². The number of ether oxygens (including phenoxy) is 1. The highest BCUT2D eigenvalue weighted by Crippen LogP contribution is 2.12. The van der Waals surface area contributed by atoms with Crippen molar-refractivity contribution in [3.8, 4) is 0 Å². The lowest BCUT2D eigenvalue weighted by molar-refractivity contribution is -0.152. The third kappa shape index (κ3) is 5.53. The summed E-state index contributed by atoms with van der Waals surface area (Å²) in [6, 6.07) is 12.1. The quantitative estimate of drug-likeness (QED) is 0.646. The van der Waals surface area contributed by atoms with Gasteiger partial charge in [0.2, 0.25) is 0 Å². The van der Waals surface area contributed by atoms with E-state index in [2.05, 4.69) is 5.32 Å². The molecule has 0 radical (unpaired) electrons. The molecule has 0 aliphatic rings. The topological polar surface area (TPSA) is 72.5 Å². The molecule has 0 unspecified atom stereocenters. The first-order valence-electron chi connectivity index (χ1n) is 7.71. The van der Waals surface area contributed by atoms with Gasteiger partial charge in [0.05, 0.1) is 6.42 Å². The van der Waals surface area contributed by atoms with E-state index >= 15 is 0 Å². The van der Waals surface area contributed by atoms with Crippen molar-refractivity contribution in [3.05, 3.63) is 65.5 Å². The van der Waals surface area contributed by atoms with Crippen LogP contribution in [0.3, 0.4) is 0 Å². The molecular formula is C19H18FNO4. The van der Waals surface area contributed by atoms with Gasteiger partial charge >= 0.3 is 5.97 Å². The van der Waals surface area contributed by atoms with Crippen molar-refractivity contribution in [1.29, 1.82) is 0 Å². The van der Waals surface area contributed by atoms with Crippen molar-refractivity contribution in [2.75, 3.05) is 5.32 Å². The Morgan fingerprint density at radius 2 is 1.84 bits per heavy atom. The number of halogens is 1. The van der Waals surface area contributed by atoms with Crippen molar-refractivity contribution in [2.24, 2.45) is 0 Å². The lowest BCUT2D eigenvalue weighted by Crippen LogP contribution is -2.30. The normalized spacial score (nSPS) is 11.5. The molecule has 0 saturated heterocycles. The van der Waals surface area contributed by atoms with Crippen molar-refractivity contribution in [3.63, 3.8) is 0 Å². The van der Waals surface area contributed by atoms with Gasteiger partial charge in [0, 0.05) is 11.3 Å². The van der Waals surface area contributed by atoms with Gasteiger partial charge in [-0.1, -0.05) is 24.3 Å². The summed E-state index contributed by atoms with van der Waals surface area (Å²) >= 11 is 0. The monoisotopic (exact) mass is 343 g/mol. The number of hydrogen-bond acceptors (Lipinski definition) is 4. The molecule has 1 atom stereocenters. The zero-order valence-electron chi connectivity index (χ0n) is 13.9. The lowest BCUT2D eigenvalue weighted by atomic mass is 10.1. The highest BCUT2D eigenvalue weighted by Gasteiger charge is 2.18. The van der Waals surface area contributed by atoms with Crippen LogP contribution in [0.25, 0.3) is 0 Å². The maximum absolute atomic E-state index is 13.1. The molecule has 25 heavy (non-hydrogen) atoms. The molecule has 130 valence electrons. The second-order valence-corrected chi connectivity index (χ2v) is 5.57. The number of Topliss-reactive ketones (excluding diaryl/α,β-unsaturated/α-hetero) is 1. The van der Waals surface area contributed by atoms with Crippen LogP contribution in [0.4, 0.5) is 10.1 Å². The van der Waals surface area contributed by atoms with Crippen molar-refractivity contribution < 1.29 is 23.5 Å². The van der Waals surface area contributed by atoms with Gasteiger partial charge in [-0.05, 0) is 43.7 Å². The lowest BCUT2D eigenvalue weighted by Gasteiger charge is -2.14. The summed E-state index contributed by atoms with van der Waals surface area (Å²) in [6.45, 7) is 2.87. The van der Waals surface area contributed by atoms with Crippen molar-refractivity contribution in [1.82, 2.24) is 0 Å². The van der Waals surface area contributed by atoms with E-state index in [1.807, 2.05) is 0 Å². The molecule has 0 aromatic heterocycles. The number of benzene rings is 2. The highest BCUT2D eigenvalue weighted by molar-refractivity contribution is 5.98. The maximum Gasteiger partial charge on any atom is 0.311 e. The third-order valence-corrected chi connectivity index (χ3v) is 3.45. The Morgan fingerprint density at radius 1 is 1.12 bits per heavy atom. The van der Waals surface area contributed by atoms with Crippen LogP contribution in [-0.4, -0.2) is 23.8 Å². The number of nitrogens with one attached hydrogen (secondary N) is 1. The predicted octanol–water partition coefficient (Wildman–Crippen LogP) is 3.14. The van der Waals surface area contributed by atoms with Crippen LogP contribution >= 0.6 is 0 Å². The zero-order chi connectivity index (χ0) is 18.4. The largest absolute Gasteiger partial charge is 0.452 e. The zero-order valence-corrected chi connectivity index (χ0v) is 13.9. The van der Waals surface area contributed by atoms with E-state index in [1.165, 1.54) is 32.0 Å². The standard InChI is InChI=1S/C19H18FNO4/c1-12(22)15-6-4-8-17(11-15)21-19(24)13(2)25-18(23)10-14-5-3-7-16(20)9-14/h3-9,11,13H,10H2,1-2H3,(H,21,24)/t13-/m1/s1. The molecule has 2 aromatic carbocycles. The summed E-state index contributed by atoms with van der Waals surface area (Å²) in [5.74, 6) is -1.72. The molecule has 0 bridgehead atoms. The molecule has 0 heterocycles. The second kappa shape index (κ2) is 8.19. The first kappa shape index (κ1) is 18.3. The number of anilines is 1. The van der Waals surface area contributed by atoms with Crippen LogP contribution in [-0.2, 0) is 20.7 Å². The van der Waals surface area contributed by atoms with E-state index in [0.717, 1.165) is 0 Å². The number of amides is 1. The number of esters is 1. The van der Waals surface area contributed by atoms with Gasteiger partial charge in [0.1, 0.15) is 5.82 Å². The number of hydrogen-bond donors (Lipinski definition) is 1. The average molecular weight is 343 g/mol. The molecule has 1 amide bonds. The molecule has 0 aliphatic heterocycles. The summed E-state index contributed by atoms with van der Waals surface area (Å²) in [6.07, 6.45) is -1.16. The van der Waals surface area contributed by atoms with Crippen LogP contribution in [0.15, 0.2) is 48.5 Å². The first-order valence-corrected chi connectivity index (χ1v) is 7.71. The Morgan fingerprint density at radius 3 is 2.52 bits per heavy atom. The number of carbonyl (C=O) groups is 3. The molecular weight excluding hydrogens is 325 g/mol. The summed E-state index contributed by atoms with van der Waals surface area (Å²) in [5.41, 5.74) is 1.37. The molecule has 0 spiro atoms. The molecule has 6 heteroatoms. The van der Waals surface area contributed by atoms with Gasteiger partial charge in [0.15, 0.2) is 11.9 Å².